The third-order valence-electron chi connectivity index (χ3n) is 4.75. The Morgan fingerprint density at radius 1 is 0.880 bits per heavy atom. The van der Waals surface area contributed by atoms with E-state index in [0.29, 0.717) is 0 Å². The minimum atomic E-state index is 0.926. The summed E-state index contributed by atoms with van der Waals surface area (Å²) in [4.78, 5) is 9.63. The molecular weight excluding hydrogens is 308 g/mol. The van der Waals surface area contributed by atoms with Crippen molar-refractivity contribution in [1.82, 2.24) is 14.6 Å². The molecule has 5 rings (SSSR count). The predicted molar refractivity (Wildman–Crippen MR) is 99.6 cm³/mol. The summed E-state index contributed by atoms with van der Waals surface area (Å²) in [7, 11) is 0. The Kier molecular flexibility index (Phi) is 2.88. The number of aliphatic imine (C=N–C) groups is 1. The van der Waals surface area contributed by atoms with Crippen LogP contribution in [0.2, 0.25) is 0 Å². The highest BCUT2D eigenvalue weighted by atomic mass is 15.2. The number of hydrogen-bond acceptors (Lipinski definition) is 3. The highest BCUT2D eigenvalue weighted by Gasteiger charge is 2.23. The van der Waals surface area contributed by atoms with Crippen LogP contribution in [0.1, 0.15) is 22.3 Å². The summed E-state index contributed by atoms with van der Waals surface area (Å²) in [5.74, 6) is 0. The van der Waals surface area contributed by atoms with Gasteiger partial charge in [0.15, 0.2) is 0 Å². The molecule has 0 aliphatic carbocycles. The molecule has 4 nitrogen and oxygen atoms in total. The van der Waals surface area contributed by atoms with Crippen molar-refractivity contribution in [3.05, 3.63) is 83.3 Å². The number of aryl methyl sites for hydroxylation is 2. The van der Waals surface area contributed by atoms with Crippen molar-refractivity contribution in [2.45, 2.75) is 13.8 Å². The highest BCUT2D eigenvalue weighted by Crippen LogP contribution is 2.37. The average Bonchev–Trinajstić information content (AvgIpc) is 3.00. The van der Waals surface area contributed by atoms with Gasteiger partial charge in [0.2, 0.25) is 0 Å². The van der Waals surface area contributed by atoms with E-state index < -0.39 is 0 Å². The van der Waals surface area contributed by atoms with Gasteiger partial charge in [-0.1, -0.05) is 35.9 Å². The lowest BCUT2D eigenvalue weighted by Crippen LogP contribution is -2.06. The van der Waals surface area contributed by atoms with E-state index in [9.17, 15) is 0 Å². The molecule has 4 heteroatoms. The van der Waals surface area contributed by atoms with Crippen molar-refractivity contribution in [3.63, 3.8) is 0 Å². The van der Waals surface area contributed by atoms with Crippen LogP contribution in [0.4, 0.5) is 5.69 Å². The third-order valence-corrected chi connectivity index (χ3v) is 4.75. The minimum Gasteiger partial charge on any atom is -0.247 e. The summed E-state index contributed by atoms with van der Waals surface area (Å²) >= 11 is 0. The van der Waals surface area contributed by atoms with Gasteiger partial charge in [0.05, 0.1) is 11.4 Å². The van der Waals surface area contributed by atoms with E-state index in [2.05, 4.69) is 54.3 Å². The summed E-state index contributed by atoms with van der Waals surface area (Å²) in [6, 6.07) is 16.7. The minimum absolute atomic E-state index is 0.926. The second-order valence-corrected chi connectivity index (χ2v) is 6.43. The lowest BCUT2D eigenvalue weighted by atomic mass is 9.97. The van der Waals surface area contributed by atoms with E-state index in [4.69, 9.17) is 4.99 Å². The number of nitrogens with zero attached hydrogens (tertiary/aromatic N) is 4. The van der Waals surface area contributed by atoms with Gasteiger partial charge in [-0.3, -0.25) is 0 Å². The monoisotopic (exact) mass is 324 g/mol. The lowest BCUT2D eigenvalue weighted by molar-refractivity contribution is 0.906. The quantitative estimate of drug-likeness (QED) is 0.456. The van der Waals surface area contributed by atoms with Gasteiger partial charge in [-0.15, -0.1) is 0 Å². The van der Waals surface area contributed by atoms with Crippen LogP contribution in [0.15, 0.2) is 66.0 Å². The average molecular weight is 324 g/mol. The molecule has 0 saturated heterocycles. The number of rotatable bonds is 1. The topological polar surface area (TPSA) is 42.5 Å². The highest BCUT2D eigenvalue weighted by molar-refractivity contribution is 6.21. The molecule has 2 aromatic heterocycles. The molecule has 25 heavy (non-hydrogen) atoms. The largest absolute Gasteiger partial charge is 0.247 e. The van der Waals surface area contributed by atoms with Gasteiger partial charge in [-0.25, -0.2) is 14.5 Å². The number of hydrogen-bond donors (Lipinski definition) is 0. The molecule has 0 amide bonds. The van der Waals surface area contributed by atoms with Gasteiger partial charge < -0.3 is 0 Å². The van der Waals surface area contributed by atoms with Crippen LogP contribution in [0.5, 0.6) is 0 Å². The zero-order valence-corrected chi connectivity index (χ0v) is 14.1. The Hall–Kier alpha value is -3.27. The Morgan fingerprint density at radius 3 is 2.68 bits per heavy atom. The van der Waals surface area contributed by atoms with Gasteiger partial charge in [0.25, 0.3) is 0 Å². The van der Waals surface area contributed by atoms with Crippen LogP contribution in [0.3, 0.4) is 0 Å². The maximum absolute atomic E-state index is 5.06. The molecule has 0 saturated carbocycles. The van der Waals surface area contributed by atoms with Crippen molar-refractivity contribution in [1.29, 1.82) is 0 Å². The molecule has 120 valence electrons. The lowest BCUT2D eigenvalue weighted by Gasteiger charge is -2.10. The molecule has 0 bridgehead atoms. The van der Waals surface area contributed by atoms with Crippen molar-refractivity contribution in [3.8, 4) is 11.3 Å². The molecule has 1 aliphatic heterocycles. The normalized spacial score (nSPS) is 12.6. The molecule has 3 heterocycles. The SMILES string of the molecule is Cc1ccc(C)c(C2=Nc3ccccc3-c3ncnn4ccc2c34)c1. The Morgan fingerprint density at radius 2 is 1.76 bits per heavy atom. The molecular formula is C21H16N4. The first-order valence-corrected chi connectivity index (χ1v) is 8.31. The summed E-state index contributed by atoms with van der Waals surface area (Å²) < 4.78 is 1.89. The van der Waals surface area contributed by atoms with E-state index in [-0.39, 0.29) is 0 Å². The second-order valence-electron chi connectivity index (χ2n) is 6.43. The zero-order valence-electron chi connectivity index (χ0n) is 14.1. The zero-order chi connectivity index (χ0) is 17.0. The van der Waals surface area contributed by atoms with Crippen LogP contribution in [-0.2, 0) is 0 Å². The van der Waals surface area contributed by atoms with E-state index >= 15 is 0 Å². The fourth-order valence-corrected chi connectivity index (χ4v) is 3.49. The van der Waals surface area contributed by atoms with E-state index in [1.54, 1.807) is 6.33 Å². The Bertz CT molecular complexity index is 1170. The van der Waals surface area contributed by atoms with Crippen LogP contribution in [0.25, 0.3) is 16.8 Å². The van der Waals surface area contributed by atoms with Gasteiger partial charge in [-0.05, 0) is 37.6 Å². The van der Waals surface area contributed by atoms with Gasteiger partial charge in [0.1, 0.15) is 17.5 Å². The molecule has 0 radical (unpaired) electrons. The van der Waals surface area contributed by atoms with E-state index in [1.165, 1.54) is 11.1 Å². The maximum Gasteiger partial charge on any atom is 0.137 e. The van der Waals surface area contributed by atoms with Gasteiger partial charge in [0, 0.05) is 22.9 Å². The molecule has 0 fully saturated rings. The summed E-state index contributed by atoms with van der Waals surface area (Å²) in [6.45, 7) is 4.24. The van der Waals surface area contributed by atoms with Crippen molar-refractivity contribution >= 4 is 16.9 Å². The van der Waals surface area contributed by atoms with E-state index in [0.717, 1.165) is 39.3 Å². The molecule has 0 N–H and O–H groups in total. The van der Waals surface area contributed by atoms with Crippen LogP contribution < -0.4 is 0 Å². The molecule has 1 aliphatic rings. The standard InChI is InChI=1S/C21H16N4/c1-13-7-8-14(2)17(11-13)19-16-9-10-25-21(16)20(22-12-23-25)15-5-3-4-6-18(15)24-19/h3-12H,1-2H3. The summed E-state index contributed by atoms with van der Waals surface area (Å²) in [5.41, 5.74) is 9.54. The van der Waals surface area contributed by atoms with Crippen LogP contribution in [0, 0.1) is 13.8 Å². The number of benzene rings is 2. The second kappa shape index (κ2) is 5.11. The summed E-state index contributed by atoms with van der Waals surface area (Å²) in [6.07, 6.45) is 3.58. The van der Waals surface area contributed by atoms with Crippen molar-refractivity contribution in [2.24, 2.45) is 4.99 Å². The van der Waals surface area contributed by atoms with E-state index in [1.807, 2.05) is 28.9 Å². The van der Waals surface area contributed by atoms with Gasteiger partial charge >= 0.3 is 0 Å². The molecule has 2 aromatic carbocycles. The number of aromatic nitrogens is 3. The maximum atomic E-state index is 5.06. The van der Waals surface area contributed by atoms with Crippen LogP contribution >= 0.6 is 0 Å². The van der Waals surface area contributed by atoms with Crippen molar-refractivity contribution < 1.29 is 0 Å². The molecule has 4 aromatic rings. The van der Waals surface area contributed by atoms with Crippen molar-refractivity contribution in [2.75, 3.05) is 0 Å². The molecule has 0 atom stereocenters. The van der Waals surface area contributed by atoms with Gasteiger partial charge in [-0.2, -0.15) is 5.10 Å². The first-order valence-electron chi connectivity index (χ1n) is 8.31. The smallest absolute Gasteiger partial charge is 0.137 e. The Labute approximate surface area is 145 Å². The molecule has 0 unspecified atom stereocenters. The fourth-order valence-electron chi connectivity index (χ4n) is 3.49. The van der Waals surface area contributed by atoms with Crippen LogP contribution in [-0.4, -0.2) is 20.3 Å². The number of fused-ring (bicyclic) bond motifs is 2. The molecule has 0 spiro atoms. The first-order chi connectivity index (χ1) is 12.2. The first kappa shape index (κ1) is 14.1. The third kappa shape index (κ3) is 2.04. The number of para-hydroxylation sites is 1. The Balaban J connectivity index is 1.94. The summed E-state index contributed by atoms with van der Waals surface area (Å²) in [5, 5.41) is 4.38. The predicted octanol–water partition coefficient (Wildman–Crippen LogP) is 4.50. The fraction of sp³-hybridized carbons (Fsp3) is 0.0952.